The van der Waals surface area contributed by atoms with E-state index < -0.39 is 0 Å². The van der Waals surface area contributed by atoms with Gasteiger partial charge in [0.25, 0.3) is 0 Å². The number of aromatic nitrogens is 2. The lowest BCUT2D eigenvalue weighted by atomic mass is 10.2. The lowest BCUT2D eigenvalue weighted by Crippen LogP contribution is -2.08. The largest absolute Gasteiger partial charge is 0.461 e. The molecular formula is C15H16N2O2. The van der Waals surface area contributed by atoms with Gasteiger partial charge in [-0.1, -0.05) is 12.1 Å². The molecule has 0 aliphatic heterocycles. The van der Waals surface area contributed by atoms with Crippen molar-refractivity contribution in [1.82, 2.24) is 9.78 Å². The molecule has 1 heterocycles. The summed E-state index contributed by atoms with van der Waals surface area (Å²) in [6.07, 6.45) is 0. The number of carbonyl (C=O) groups is 1. The van der Waals surface area contributed by atoms with Crippen LogP contribution in [0.4, 0.5) is 0 Å². The van der Waals surface area contributed by atoms with Crippen LogP contribution in [-0.4, -0.2) is 22.4 Å². The fraction of sp³-hybridized carbons (Fsp3) is 0.333. The summed E-state index contributed by atoms with van der Waals surface area (Å²) in [5, 5.41) is 4.25. The van der Waals surface area contributed by atoms with Gasteiger partial charge in [-0.05, 0) is 44.5 Å². The first kappa shape index (κ1) is 13.2. The van der Waals surface area contributed by atoms with Crippen molar-refractivity contribution in [1.29, 1.82) is 0 Å². The molecule has 0 aliphatic rings. The lowest BCUT2D eigenvalue weighted by molar-refractivity contribution is 0.0518. The highest BCUT2D eigenvalue weighted by atomic mass is 16.5. The van der Waals surface area contributed by atoms with Crippen molar-refractivity contribution in [3.8, 4) is 0 Å². The maximum absolute atomic E-state index is 11.6. The minimum absolute atomic E-state index is 0.343. The summed E-state index contributed by atoms with van der Waals surface area (Å²) in [4.78, 5) is 11.6. The Bertz CT molecular complexity index is 570. The van der Waals surface area contributed by atoms with E-state index in [2.05, 4.69) is 17.2 Å². The van der Waals surface area contributed by atoms with Crippen LogP contribution in [0.5, 0.6) is 0 Å². The first-order valence-electron chi connectivity index (χ1n) is 6.21. The molecule has 0 unspecified atom stereocenters. The number of hydrogen-bond acceptors (Lipinski definition) is 3. The van der Waals surface area contributed by atoms with E-state index in [1.165, 1.54) is 0 Å². The molecule has 2 aromatic rings. The van der Waals surface area contributed by atoms with Crippen molar-refractivity contribution in [2.24, 2.45) is 0 Å². The molecule has 0 spiro atoms. The van der Waals surface area contributed by atoms with Crippen LogP contribution in [0.15, 0.2) is 18.2 Å². The molecule has 0 saturated carbocycles. The third kappa shape index (κ3) is 3.14. The average molecular weight is 256 g/mol. The van der Waals surface area contributed by atoms with E-state index in [1.54, 1.807) is 17.7 Å². The summed E-state index contributed by atoms with van der Waals surface area (Å²) in [5.41, 5.74) is 3.29. The molecule has 0 saturated heterocycles. The first-order chi connectivity index (χ1) is 9.10. The quantitative estimate of drug-likeness (QED) is 0.789. The molecule has 98 valence electrons. The molecule has 0 amide bonds. The molecule has 2 rings (SSSR count). The highest BCUT2D eigenvalue weighted by Gasteiger charge is 2.13. The van der Waals surface area contributed by atoms with E-state index >= 15 is 0 Å². The molecular weight excluding hydrogens is 240 g/mol. The minimum Gasteiger partial charge on any atom is -0.461 e. The Morgan fingerprint density at radius 2 is 2.16 bits per heavy atom. The summed E-state index contributed by atoms with van der Waals surface area (Å²) in [6, 6.07) is 11.8. The molecule has 0 fully saturated rings. The van der Waals surface area contributed by atoms with Crippen LogP contribution in [0.3, 0.4) is 0 Å². The summed E-state index contributed by atoms with van der Waals surface area (Å²) >= 11 is 0. The number of ether oxygens (including phenoxy) is 1. The van der Waals surface area contributed by atoms with Gasteiger partial charge >= 0.3 is 5.97 Å². The Morgan fingerprint density at radius 1 is 1.37 bits per heavy atom. The van der Waals surface area contributed by atoms with E-state index in [0.29, 0.717) is 18.8 Å². The van der Waals surface area contributed by atoms with Crippen molar-refractivity contribution < 1.29 is 9.53 Å². The summed E-state index contributed by atoms with van der Waals surface area (Å²) in [7, 11) is 0. The normalized spacial score (nSPS) is 10.1. The monoisotopic (exact) mass is 256 g/mol. The number of esters is 1. The summed E-state index contributed by atoms with van der Waals surface area (Å²) < 4.78 is 6.70. The molecule has 4 nitrogen and oxygen atoms in total. The highest BCUT2D eigenvalue weighted by Crippen LogP contribution is 2.08. The van der Waals surface area contributed by atoms with Crippen LogP contribution >= 0.6 is 0 Å². The van der Waals surface area contributed by atoms with Gasteiger partial charge < -0.3 is 4.74 Å². The number of rotatable bonds is 4. The Hall–Kier alpha value is -2.28. The molecule has 19 heavy (non-hydrogen) atoms. The van der Waals surface area contributed by atoms with Crippen LogP contribution < -0.4 is 0 Å². The second-order valence-corrected chi connectivity index (χ2v) is 4.34. The summed E-state index contributed by atoms with van der Waals surface area (Å²) in [5.74, 6) is -0.385. The zero-order valence-corrected chi connectivity index (χ0v) is 11.4. The van der Waals surface area contributed by atoms with Gasteiger partial charge in [-0.15, -0.1) is 0 Å². The van der Waals surface area contributed by atoms with Crippen molar-refractivity contribution in [3.05, 3.63) is 52.8 Å². The zero-order chi connectivity index (χ0) is 13.8. The molecule has 1 aromatic heterocycles. The van der Waals surface area contributed by atoms with Gasteiger partial charge in [0.1, 0.15) is 0 Å². The van der Waals surface area contributed by atoms with Gasteiger partial charge in [-0.25, -0.2) is 4.79 Å². The van der Waals surface area contributed by atoms with Gasteiger partial charge in [0.2, 0.25) is 0 Å². The number of carbonyl (C=O) groups excluding carboxylic acids is 1. The number of hydrogen-bond donors (Lipinski definition) is 0. The number of aryl methyl sites for hydroxylation is 2. The zero-order valence-electron chi connectivity index (χ0n) is 11.4. The predicted octanol–water partition coefficient (Wildman–Crippen LogP) is 2.33. The van der Waals surface area contributed by atoms with E-state index in [1.807, 2.05) is 26.0 Å². The second kappa shape index (κ2) is 5.57. The Kier molecular flexibility index (Phi) is 3.86. The van der Waals surface area contributed by atoms with E-state index in [4.69, 9.17) is 4.74 Å². The highest BCUT2D eigenvalue weighted by molar-refractivity contribution is 5.87. The van der Waals surface area contributed by atoms with Gasteiger partial charge in [0, 0.05) is 11.3 Å². The average Bonchev–Trinajstić information content (AvgIpc) is 2.74. The van der Waals surface area contributed by atoms with Gasteiger partial charge in [0.15, 0.2) is 5.69 Å². The Morgan fingerprint density at radius 3 is 2.79 bits per heavy atom. The molecule has 0 N–H and O–H groups in total. The predicted molar refractivity (Wildman–Crippen MR) is 70.9 cm³/mol. The Balaban J connectivity index is 2.17. The van der Waals surface area contributed by atoms with Crippen LogP contribution in [0, 0.1) is 26.0 Å². The van der Waals surface area contributed by atoms with Crippen molar-refractivity contribution in [2.45, 2.75) is 27.3 Å². The third-order valence-corrected chi connectivity index (χ3v) is 2.74. The van der Waals surface area contributed by atoms with E-state index in [0.717, 1.165) is 16.8 Å². The third-order valence-electron chi connectivity index (χ3n) is 2.74. The molecule has 0 radical (unpaired) electrons. The fourth-order valence-electron chi connectivity index (χ4n) is 1.72. The second-order valence-electron chi connectivity index (χ2n) is 4.34. The van der Waals surface area contributed by atoms with Crippen molar-refractivity contribution in [2.75, 3.05) is 6.61 Å². The van der Waals surface area contributed by atoms with Crippen LogP contribution in [0.25, 0.3) is 0 Å². The minimum atomic E-state index is -0.385. The molecule has 0 bridgehead atoms. The topological polar surface area (TPSA) is 44.1 Å². The first-order valence-corrected chi connectivity index (χ1v) is 6.21. The standard InChI is InChI=1S/C15H16N2O2/c1-4-19-15(18)14-9-12(3)17(16-14)10-13-7-5-11(2)6-8-13/h5,7,9H,4,10H2,1-3H3. The maximum atomic E-state index is 11.6. The van der Waals surface area contributed by atoms with E-state index in [-0.39, 0.29) is 5.97 Å². The van der Waals surface area contributed by atoms with Crippen molar-refractivity contribution in [3.63, 3.8) is 0 Å². The lowest BCUT2D eigenvalue weighted by Gasteiger charge is -2.02. The Labute approximate surface area is 113 Å². The van der Waals surface area contributed by atoms with Gasteiger partial charge in [-0.3, -0.25) is 4.68 Å². The molecule has 0 atom stereocenters. The van der Waals surface area contributed by atoms with Crippen LogP contribution in [0.1, 0.15) is 34.2 Å². The molecule has 1 aromatic carbocycles. The molecule has 4 heteroatoms. The maximum Gasteiger partial charge on any atom is 0.358 e. The van der Waals surface area contributed by atoms with Crippen LogP contribution in [0.2, 0.25) is 0 Å². The SMILES string of the molecule is CCOC(=O)c1cc(C)n(Cc2c#cc(C)cc2)n1. The van der Waals surface area contributed by atoms with Gasteiger partial charge in [0.05, 0.1) is 13.2 Å². The van der Waals surface area contributed by atoms with Crippen LogP contribution in [-0.2, 0) is 11.3 Å². The molecule has 0 aliphatic carbocycles. The summed E-state index contributed by atoms with van der Waals surface area (Å²) in [6.45, 7) is 6.58. The van der Waals surface area contributed by atoms with Gasteiger partial charge in [-0.2, -0.15) is 5.10 Å². The fourth-order valence-corrected chi connectivity index (χ4v) is 1.72. The number of nitrogens with zero attached hydrogens (tertiary/aromatic N) is 2. The van der Waals surface area contributed by atoms with E-state index in [9.17, 15) is 4.79 Å². The van der Waals surface area contributed by atoms with Crippen molar-refractivity contribution >= 4 is 5.97 Å². The smallest absolute Gasteiger partial charge is 0.358 e.